The second kappa shape index (κ2) is 4.99. The summed E-state index contributed by atoms with van der Waals surface area (Å²) in [6.45, 7) is 2.08. The predicted molar refractivity (Wildman–Crippen MR) is 56.0 cm³/mol. The van der Waals surface area contributed by atoms with E-state index in [2.05, 4.69) is 5.32 Å². The molecule has 0 fully saturated rings. The highest BCUT2D eigenvalue weighted by atomic mass is 16.3. The number of hydrogen-bond donors (Lipinski definition) is 2. The summed E-state index contributed by atoms with van der Waals surface area (Å²) in [6, 6.07) is 8.78. The first-order valence-electron chi connectivity index (χ1n) is 4.53. The van der Waals surface area contributed by atoms with Crippen LogP contribution in [-0.4, -0.2) is 17.8 Å². The SMILES string of the molecule is C[C@H](O)CNc1ccc(C#N)c(C#N)c1. The van der Waals surface area contributed by atoms with Gasteiger partial charge < -0.3 is 10.4 Å². The van der Waals surface area contributed by atoms with E-state index in [9.17, 15) is 0 Å². The first kappa shape index (κ1) is 11.0. The number of nitriles is 2. The minimum Gasteiger partial charge on any atom is -0.392 e. The Balaban J connectivity index is 2.86. The molecule has 15 heavy (non-hydrogen) atoms. The molecule has 0 aliphatic carbocycles. The summed E-state index contributed by atoms with van der Waals surface area (Å²) in [5.74, 6) is 0. The summed E-state index contributed by atoms with van der Waals surface area (Å²) < 4.78 is 0. The molecule has 1 rings (SSSR count). The fourth-order valence-electron chi connectivity index (χ4n) is 1.11. The molecule has 2 N–H and O–H groups in total. The number of aliphatic hydroxyl groups excluding tert-OH is 1. The van der Waals surface area contributed by atoms with Crippen LogP contribution >= 0.6 is 0 Å². The fraction of sp³-hybridized carbons (Fsp3) is 0.273. The van der Waals surface area contributed by atoms with Crippen molar-refractivity contribution in [1.82, 2.24) is 0 Å². The topological polar surface area (TPSA) is 79.8 Å². The smallest absolute Gasteiger partial charge is 0.101 e. The molecule has 0 aliphatic rings. The molecule has 1 atom stereocenters. The molecule has 1 aromatic rings. The molecule has 0 heterocycles. The highest BCUT2D eigenvalue weighted by Gasteiger charge is 2.03. The first-order chi connectivity index (χ1) is 7.17. The number of nitrogens with one attached hydrogen (secondary N) is 1. The van der Waals surface area contributed by atoms with Crippen LogP contribution in [0.25, 0.3) is 0 Å². The van der Waals surface area contributed by atoms with E-state index >= 15 is 0 Å². The molecule has 0 aromatic heterocycles. The maximum absolute atomic E-state index is 9.06. The molecule has 0 spiro atoms. The van der Waals surface area contributed by atoms with Gasteiger partial charge in [0.1, 0.15) is 12.1 Å². The molecule has 0 aliphatic heterocycles. The van der Waals surface area contributed by atoms with Gasteiger partial charge in [0.15, 0.2) is 0 Å². The van der Waals surface area contributed by atoms with Gasteiger partial charge in [0, 0.05) is 12.2 Å². The summed E-state index contributed by atoms with van der Waals surface area (Å²) in [6.07, 6.45) is -0.453. The van der Waals surface area contributed by atoms with Crippen LogP contribution in [0.15, 0.2) is 18.2 Å². The van der Waals surface area contributed by atoms with Gasteiger partial charge in [-0.15, -0.1) is 0 Å². The van der Waals surface area contributed by atoms with Crippen LogP contribution in [-0.2, 0) is 0 Å². The monoisotopic (exact) mass is 201 g/mol. The van der Waals surface area contributed by atoms with E-state index in [1.807, 2.05) is 12.1 Å². The van der Waals surface area contributed by atoms with Crippen molar-refractivity contribution in [1.29, 1.82) is 10.5 Å². The van der Waals surface area contributed by atoms with Gasteiger partial charge in [-0.3, -0.25) is 0 Å². The number of rotatable bonds is 3. The molecular weight excluding hydrogens is 190 g/mol. The third kappa shape index (κ3) is 2.98. The molecule has 0 saturated heterocycles. The Morgan fingerprint density at radius 2 is 2.00 bits per heavy atom. The largest absolute Gasteiger partial charge is 0.392 e. The van der Waals surface area contributed by atoms with E-state index in [0.717, 1.165) is 5.69 Å². The zero-order valence-electron chi connectivity index (χ0n) is 8.36. The average Bonchev–Trinajstić information content (AvgIpc) is 2.25. The summed E-state index contributed by atoms with van der Waals surface area (Å²) >= 11 is 0. The summed E-state index contributed by atoms with van der Waals surface area (Å²) in [5, 5.41) is 29.5. The lowest BCUT2D eigenvalue weighted by atomic mass is 10.1. The number of benzene rings is 1. The summed E-state index contributed by atoms with van der Waals surface area (Å²) in [4.78, 5) is 0. The van der Waals surface area contributed by atoms with Crippen molar-refractivity contribution in [2.24, 2.45) is 0 Å². The third-order valence-electron chi connectivity index (χ3n) is 1.86. The van der Waals surface area contributed by atoms with Gasteiger partial charge in [0.05, 0.1) is 17.2 Å². The minimum absolute atomic E-state index is 0.341. The Bertz CT molecular complexity index is 426. The lowest BCUT2D eigenvalue weighted by molar-refractivity contribution is 0.208. The summed E-state index contributed by atoms with van der Waals surface area (Å²) in [5.41, 5.74) is 1.43. The van der Waals surface area contributed by atoms with Crippen LogP contribution in [0.4, 0.5) is 5.69 Å². The second-order valence-corrected chi connectivity index (χ2v) is 3.21. The maximum atomic E-state index is 9.06. The van der Waals surface area contributed by atoms with Crippen molar-refractivity contribution in [2.75, 3.05) is 11.9 Å². The fourth-order valence-corrected chi connectivity index (χ4v) is 1.11. The van der Waals surface area contributed by atoms with Gasteiger partial charge in [-0.05, 0) is 25.1 Å². The van der Waals surface area contributed by atoms with E-state index in [1.54, 1.807) is 25.1 Å². The van der Waals surface area contributed by atoms with Gasteiger partial charge in [-0.25, -0.2) is 0 Å². The molecule has 0 bridgehead atoms. The lowest BCUT2D eigenvalue weighted by Gasteiger charge is -2.08. The zero-order valence-corrected chi connectivity index (χ0v) is 8.36. The van der Waals surface area contributed by atoms with Gasteiger partial charge >= 0.3 is 0 Å². The van der Waals surface area contributed by atoms with Crippen molar-refractivity contribution in [3.63, 3.8) is 0 Å². The van der Waals surface area contributed by atoms with E-state index in [0.29, 0.717) is 17.7 Å². The van der Waals surface area contributed by atoms with Crippen LogP contribution in [0, 0.1) is 22.7 Å². The lowest BCUT2D eigenvalue weighted by Crippen LogP contribution is -2.15. The van der Waals surface area contributed by atoms with E-state index in [-0.39, 0.29) is 0 Å². The normalized spacial score (nSPS) is 11.2. The number of nitrogens with zero attached hydrogens (tertiary/aromatic N) is 2. The van der Waals surface area contributed by atoms with Crippen molar-refractivity contribution < 1.29 is 5.11 Å². The Hall–Kier alpha value is -2.04. The molecule has 0 saturated carbocycles. The average molecular weight is 201 g/mol. The Morgan fingerprint density at radius 1 is 1.33 bits per heavy atom. The highest BCUT2D eigenvalue weighted by molar-refractivity contribution is 5.56. The second-order valence-electron chi connectivity index (χ2n) is 3.21. The van der Waals surface area contributed by atoms with E-state index < -0.39 is 6.10 Å². The van der Waals surface area contributed by atoms with Crippen LogP contribution in [0.2, 0.25) is 0 Å². The Morgan fingerprint density at radius 3 is 2.53 bits per heavy atom. The molecule has 0 unspecified atom stereocenters. The molecule has 4 heteroatoms. The van der Waals surface area contributed by atoms with Crippen molar-refractivity contribution in [3.8, 4) is 12.1 Å². The van der Waals surface area contributed by atoms with E-state index in [4.69, 9.17) is 15.6 Å². The van der Waals surface area contributed by atoms with Crippen LogP contribution in [0.3, 0.4) is 0 Å². The van der Waals surface area contributed by atoms with Gasteiger partial charge in [-0.1, -0.05) is 0 Å². The molecule has 76 valence electrons. The molecular formula is C11H11N3O. The third-order valence-corrected chi connectivity index (χ3v) is 1.86. The summed E-state index contributed by atoms with van der Waals surface area (Å²) in [7, 11) is 0. The quantitative estimate of drug-likeness (QED) is 0.770. The Labute approximate surface area is 88.4 Å². The van der Waals surface area contributed by atoms with Crippen molar-refractivity contribution in [2.45, 2.75) is 13.0 Å². The predicted octanol–water partition coefficient (Wildman–Crippen LogP) is 1.22. The standard InChI is InChI=1S/C11H11N3O/c1-8(15)7-14-11-3-2-9(5-12)10(4-11)6-13/h2-4,8,14-15H,7H2,1H3/t8-/m0/s1. The molecule has 4 nitrogen and oxygen atoms in total. The van der Waals surface area contributed by atoms with Crippen LogP contribution in [0.1, 0.15) is 18.1 Å². The number of aliphatic hydroxyl groups is 1. The van der Waals surface area contributed by atoms with Gasteiger partial charge in [0.25, 0.3) is 0 Å². The minimum atomic E-state index is -0.453. The zero-order chi connectivity index (χ0) is 11.3. The van der Waals surface area contributed by atoms with Crippen molar-refractivity contribution in [3.05, 3.63) is 29.3 Å². The first-order valence-corrected chi connectivity index (χ1v) is 4.53. The Kier molecular flexibility index (Phi) is 3.68. The van der Waals surface area contributed by atoms with Gasteiger partial charge in [0.2, 0.25) is 0 Å². The maximum Gasteiger partial charge on any atom is 0.101 e. The molecule has 1 aromatic carbocycles. The van der Waals surface area contributed by atoms with Crippen LogP contribution in [0.5, 0.6) is 0 Å². The van der Waals surface area contributed by atoms with Crippen LogP contribution < -0.4 is 5.32 Å². The van der Waals surface area contributed by atoms with Gasteiger partial charge in [-0.2, -0.15) is 10.5 Å². The van der Waals surface area contributed by atoms with E-state index in [1.165, 1.54) is 0 Å². The van der Waals surface area contributed by atoms with Crippen molar-refractivity contribution >= 4 is 5.69 Å². The molecule has 0 radical (unpaired) electrons. The number of anilines is 1. The molecule has 0 amide bonds. The number of hydrogen-bond acceptors (Lipinski definition) is 4. The highest BCUT2D eigenvalue weighted by Crippen LogP contribution is 2.14.